The number of aromatic nitrogens is 2. The van der Waals surface area contributed by atoms with Gasteiger partial charge in [-0.2, -0.15) is 31.4 Å². The molecular weight excluding hydrogens is 257 g/mol. The molecule has 0 aromatic carbocycles. The van der Waals surface area contributed by atoms with Gasteiger partial charge in [0, 0.05) is 12.4 Å². The number of halogens is 7. The van der Waals surface area contributed by atoms with Crippen LogP contribution < -0.4 is 0 Å². The van der Waals surface area contributed by atoms with Gasteiger partial charge in [-0.05, 0) is 6.07 Å². The van der Waals surface area contributed by atoms with E-state index in [-0.39, 0.29) is 4.68 Å². The lowest BCUT2D eigenvalue weighted by molar-refractivity contribution is -0.184. The first kappa shape index (κ1) is 13.5. The largest absolute Gasteiger partial charge is 0.359 e. The summed E-state index contributed by atoms with van der Waals surface area (Å²) in [5.41, 5.74) is -2.34. The van der Waals surface area contributed by atoms with E-state index in [2.05, 4.69) is 5.10 Å². The predicted molar refractivity (Wildman–Crippen MR) is 43.5 cm³/mol. The highest BCUT2D eigenvalue weighted by molar-refractivity contribution is 5.54. The molecule has 0 aliphatic heterocycles. The Balaban J connectivity index is 3.33. The molecule has 0 aliphatic rings. The molecule has 2 nitrogen and oxygen atoms in total. The summed E-state index contributed by atoms with van der Waals surface area (Å²) in [5, 5.41) is 2.99. The van der Waals surface area contributed by atoms with Crippen LogP contribution in [0.25, 0.3) is 5.70 Å². The summed E-state index contributed by atoms with van der Waals surface area (Å²) in [6, 6.07) is 0.979. The summed E-state index contributed by atoms with van der Waals surface area (Å²) in [5.74, 6) is -10.6. The molecule has 1 aromatic rings. The van der Waals surface area contributed by atoms with Crippen LogP contribution in [0.2, 0.25) is 0 Å². The van der Waals surface area contributed by atoms with Crippen molar-refractivity contribution < 1.29 is 30.7 Å². The molecule has 96 valence electrons. The van der Waals surface area contributed by atoms with E-state index in [1.165, 1.54) is 0 Å². The highest BCUT2D eigenvalue weighted by atomic mass is 19.3. The van der Waals surface area contributed by atoms with Crippen molar-refractivity contribution in [3.63, 3.8) is 0 Å². The highest BCUT2D eigenvalue weighted by Gasteiger charge is 2.61. The first-order valence-corrected chi connectivity index (χ1v) is 4.11. The predicted octanol–water partition coefficient (Wildman–Crippen LogP) is 3.19. The van der Waals surface area contributed by atoms with Gasteiger partial charge in [-0.1, -0.05) is 0 Å². The third kappa shape index (κ3) is 2.27. The molecule has 1 aromatic heterocycles. The molecule has 0 fully saturated rings. The molecule has 0 spiro atoms. The van der Waals surface area contributed by atoms with E-state index in [9.17, 15) is 30.7 Å². The average Bonchev–Trinajstić information content (AvgIpc) is 2.69. The van der Waals surface area contributed by atoms with Crippen LogP contribution >= 0.6 is 0 Å². The van der Waals surface area contributed by atoms with Crippen LogP contribution in [-0.4, -0.2) is 28.3 Å². The van der Waals surface area contributed by atoms with Crippen molar-refractivity contribution in [2.24, 2.45) is 0 Å². The molecule has 0 amide bonds. The molecule has 0 radical (unpaired) electrons. The normalized spacial score (nSPS) is 12.6. The van der Waals surface area contributed by atoms with E-state index in [4.69, 9.17) is 0 Å². The molecule has 0 unspecified atom stereocenters. The van der Waals surface area contributed by atoms with Gasteiger partial charge in [-0.3, -0.25) is 0 Å². The zero-order chi connectivity index (χ0) is 13.3. The fourth-order valence-electron chi connectivity index (χ4n) is 1.01. The number of alkyl halides is 5. The van der Waals surface area contributed by atoms with Gasteiger partial charge < -0.3 is 0 Å². The lowest BCUT2D eigenvalue weighted by Gasteiger charge is -2.25. The second-order valence-electron chi connectivity index (χ2n) is 2.97. The molecule has 17 heavy (non-hydrogen) atoms. The van der Waals surface area contributed by atoms with Gasteiger partial charge >= 0.3 is 11.8 Å². The molecule has 0 N–H and O–H groups in total. The minimum absolute atomic E-state index is 0.126. The monoisotopic (exact) mass is 262 g/mol. The maximum atomic E-state index is 13.1. The zero-order valence-electron chi connectivity index (χ0n) is 7.98. The summed E-state index contributed by atoms with van der Waals surface area (Å²) in [6.07, 6.45) is -1.60. The highest BCUT2D eigenvalue weighted by Crippen LogP contribution is 2.43. The van der Waals surface area contributed by atoms with E-state index in [0.717, 1.165) is 12.3 Å². The standard InChI is InChI=1S/C8H5F7N2/c9-4-7(12,13)8(14,15)5(6(10)11)17-3-1-2-16-17/h1-3H,4H2. The quantitative estimate of drug-likeness (QED) is 0.762. The molecule has 0 aliphatic carbocycles. The number of hydrogen-bond acceptors (Lipinski definition) is 1. The lowest BCUT2D eigenvalue weighted by Crippen LogP contribution is -2.45. The molecule has 9 heteroatoms. The number of nitrogens with zero attached hydrogens (tertiary/aromatic N) is 2. The van der Waals surface area contributed by atoms with Crippen LogP contribution in [0.3, 0.4) is 0 Å². The van der Waals surface area contributed by atoms with Crippen molar-refractivity contribution in [1.29, 1.82) is 0 Å². The maximum Gasteiger partial charge on any atom is 0.359 e. The zero-order valence-corrected chi connectivity index (χ0v) is 7.98. The Hall–Kier alpha value is -1.54. The fraction of sp³-hybridized carbons (Fsp3) is 0.375. The molecule has 1 heterocycles. The Bertz CT molecular complexity index is 406. The smallest absolute Gasteiger partial charge is 0.244 e. The number of rotatable bonds is 4. The van der Waals surface area contributed by atoms with E-state index in [0.29, 0.717) is 6.20 Å². The second kappa shape index (κ2) is 4.38. The molecule has 0 bridgehead atoms. The summed E-state index contributed by atoms with van der Waals surface area (Å²) in [6.45, 7) is -2.77. The van der Waals surface area contributed by atoms with Crippen molar-refractivity contribution in [3.05, 3.63) is 24.5 Å². The van der Waals surface area contributed by atoms with Gasteiger partial charge in [0.05, 0.1) is 0 Å². The van der Waals surface area contributed by atoms with Gasteiger partial charge in [0.15, 0.2) is 12.4 Å². The van der Waals surface area contributed by atoms with Crippen LogP contribution in [0.15, 0.2) is 24.5 Å². The molecular formula is C8H5F7N2. The van der Waals surface area contributed by atoms with E-state index >= 15 is 0 Å². The second-order valence-corrected chi connectivity index (χ2v) is 2.97. The van der Waals surface area contributed by atoms with Crippen molar-refractivity contribution in [2.45, 2.75) is 11.8 Å². The van der Waals surface area contributed by atoms with Gasteiger partial charge in [0.2, 0.25) is 0 Å². The minimum Gasteiger partial charge on any atom is -0.244 e. The SMILES string of the molecule is FCC(F)(F)C(F)(F)C(=C(F)F)n1cccn1. The Morgan fingerprint density at radius 2 is 1.76 bits per heavy atom. The van der Waals surface area contributed by atoms with Crippen molar-refractivity contribution in [2.75, 3.05) is 6.67 Å². The third-order valence-corrected chi connectivity index (χ3v) is 1.84. The van der Waals surface area contributed by atoms with Crippen LogP contribution in [0, 0.1) is 0 Å². The molecule has 0 saturated carbocycles. The van der Waals surface area contributed by atoms with Crippen molar-refractivity contribution in [3.8, 4) is 0 Å². The summed E-state index contributed by atoms with van der Waals surface area (Å²) in [7, 11) is 0. The van der Waals surface area contributed by atoms with Crippen LogP contribution in [0.1, 0.15) is 0 Å². The first-order chi connectivity index (χ1) is 7.74. The maximum absolute atomic E-state index is 13.1. The van der Waals surface area contributed by atoms with Crippen molar-refractivity contribution in [1.82, 2.24) is 9.78 Å². The first-order valence-electron chi connectivity index (χ1n) is 4.11. The molecule has 0 saturated heterocycles. The minimum atomic E-state index is -5.37. The van der Waals surface area contributed by atoms with Gasteiger partial charge in [0.1, 0.15) is 0 Å². The van der Waals surface area contributed by atoms with E-state index < -0.39 is 30.3 Å². The Kier molecular flexibility index (Phi) is 3.48. The van der Waals surface area contributed by atoms with Gasteiger partial charge in [-0.25, -0.2) is 9.07 Å². The van der Waals surface area contributed by atoms with Crippen LogP contribution in [0.5, 0.6) is 0 Å². The third-order valence-electron chi connectivity index (χ3n) is 1.84. The fourth-order valence-corrected chi connectivity index (χ4v) is 1.01. The Morgan fingerprint density at radius 3 is 2.12 bits per heavy atom. The summed E-state index contributed by atoms with van der Waals surface area (Å²) >= 11 is 0. The molecule has 0 atom stereocenters. The number of allylic oxidation sites excluding steroid dienone is 1. The summed E-state index contributed by atoms with van der Waals surface area (Å²) < 4.78 is 87.7. The summed E-state index contributed by atoms with van der Waals surface area (Å²) in [4.78, 5) is 0. The van der Waals surface area contributed by atoms with Gasteiger partial charge in [0.25, 0.3) is 6.08 Å². The van der Waals surface area contributed by atoms with E-state index in [1.807, 2.05) is 0 Å². The van der Waals surface area contributed by atoms with Crippen LogP contribution in [0.4, 0.5) is 30.7 Å². The van der Waals surface area contributed by atoms with E-state index in [1.54, 1.807) is 0 Å². The van der Waals surface area contributed by atoms with Gasteiger partial charge in [-0.15, -0.1) is 0 Å². The van der Waals surface area contributed by atoms with Crippen LogP contribution in [-0.2, 0) is 0 Å². The Labute approximate surface area is 90.3 Å². The number of hydrogen-bond donors (Lipinski definition) is 0. The average molecular weight is 262 g/mol. The molecule has 1 rings (SSSR count). The Morgan fingerprint density at radius 1 is 1.18 bits per heavy atom. The topological polar surface area (TPSA) is 17.8 Å². The van der Waals surface area contributed by atoms with Crippen molar-refractivity contribution >= 4 is 5.70 Å². The lowest BCUT2D eigenvalue weighted by atomic mass is 10.1.